The van der Waals surface area contributed by atoms with Crippen LogP contribution in [0.4, 0.5) is 5.69 Å². The second kappa shape index (κ2) is 3.73. The molecule has 1 rings (SSSR count). The summed E-state index contributed by atoms with van der Waals surface area (Å²) in [5, 5.41) is 19.4. The van der Waals surface area contributed by atoms with Crippen LogP contribution < -0.4 is 0 Å². The SMILES string of the molecule is COC(=O)c1c[c]c(O)c([N+](=O)[O-])c1. The maximum absolute atomic E-state index is 11.0. The summed E-state index contributed by atoms with van der Waals surface area (Å²) < 4.78 is 4.35. The number of nitro groups is 1. The fourth-order valence-electron chi connectivity index (χ4n) is 0.852. The van der Waals surface area contributed by atoms with Crippen LogP contribution in [0.15, 0.2) is 12.1 Å². The smallest absolute Gasteiger partial charge is 0.338 e. The lowest BCUT2D eigenvalue weighted by atomic mass is 10.2. The molecule has 0 heterocycles. The number of esters is 1. The number of aromatic hydroxyl groups is 1. The number of hydrogen-bond donors (Lipinski definition) is 1. The van der Waals surface area contributed by atoms with Crippen LogP contribution in [0.2, 0.25) is 0 Å². The van der Waals surface area contributed by atoms with Crippen LogP contribution >= 0.6 is 0 Å². The summed E-state index contributed by atoms with van der Waals surface area (Å²) in [6.07, 6.45) is 0. The third-order valence-electron chi connectivity index (χ3n) is 1.52. The van der Waals surface area contributed by atoms with Gasteiger partial charge in [-0.1, -0.05) is 0 Å². The second-order valence-electron chi connectivity index (χ2n) is 2.37. The van der Waals surface area contributed by atoms with Crippen molar-refractivity contribution in [2.45, 2.75) is 0 Å². The third kappa shape index (κ3) is 1.79. The van der Waals surface area contributed by atoms with Crippen molar-refractivity contribution in [3.05, 3.63) is 33.9 Å². The van der Waals surface area contributed by atoms with Crippen molar-refractivity contribution in [1.29, 1.82) is 0 Å². The van der Waals surface area contributed by atoms with Crippen LogP contribution in [0, 0.1) is 16.2 Å². The Hall–Kier alpha value is -2.11. The average molecular weight is 196 g/mol. The molecule has 0 spiro atoms. The molecule has 0 aliphatic rings. The van der Waals surface area contributed by atoms with E-state index in [1.54, 1.807) is 0 Å². The molecule has 6 heteroatoms. The molecule has 1 N–H and O–H groups in total. The highest BCUT2D eigenvalue weighted by atomic mass is 16.6. The topological polar surface area (TPSA) is 89.7 Å². The lowest BCUT2D eigenvalue weighted by molar-refractivity contribution is -0.385. The summed E-state index contributed by atoms with van der Waals surface area (Å²) in [6, 6.07) is 4.23. The number of ether oxygens (including phenoxy) is 1. The number of benzene rings is 1. The first-order valence-electron chi connectivity index (χ1n) is 3.53. The number of nitrogens with zero attached hydrogens (tertiary/aromatic N) is 1. The standard InChI is InChI=1S/C8H6NO5/c1-14-8(11)5-2-3-7(10)6(4-5)9(12)13/h2,4,10H,1H3. The molecule has 0 aliphatic carbocycles. The van der Waals surface area contributed by atoms with E-state index in [-0.39, 0.29) is 5.56 Å². The summed E-state index contributed by atoms with van der Waals surface area (Å²) in [5.74, 6) is -1.33. The number of carbonyl (C=O) groups is 1. The van der Waals surface area contributed by atoms with Crippen molar-refractivity contribution >= 4 is 11.7 Å². The maximum atomic E-state index is 11.0. The van der Waals surface area contributed by atoms with Crippen molar-refractivity contribution < 1.29 is 19.6 Å². The average Bonchev–Trinajstić information content (AvgIpc) is 2.17. The highest BCUT2D eigenvalue weighted by molar-refractivity contribution is 5.90. The van der Waals surface area contributed by atoms with Crippen LogP contribution in [-0.4, -0.2) is 23.1 Å². The molecule has 1 radical (unpaired) electrons. The van der Waals surface area contributed by atoms with Gasteiger partial charge in [0.05, 0.1) is 17.6 Å². The van der Waals surface area contributed by atoms with E-state index in [4.69, 9.17) is 5.11 Å². The lowest BCUT2D eigenvalue weighted by Gasteiger charge is -1.99. The van der Waals surface area contributed by atoms with Crippen molar-refractivity contribution in [2.24, 2.45) is 0 Å². The van der Waals surface area contributed by atoms with Crippen LogP contribution in [-0.2, 0) is 4.74 Å². The Bertz CT molecular complexity index is 387. The van der Waals surface area contributed by atoms with Gasteiger partial charge < -0.3 is 9.84 Å². The maximum Gasteiger partial charge on any atom is 0.338 e. The lowest BCUT2D eigenvalue weighted by Crippen LogP contribution is -2.02. The van der Waals surface area contributed by atoms with E-state index in [0.29, 0.717) is 0 Å². The molecule has 73 valence electrons. The molecule has 0 amide bonds. The van der Waals surface area contributed by atoms with Gasteiger partial charge in [0.2, 0.25) is 5.75 Å². The number of phenols is 1. The molecule has 0 atom stereocenters. The van der Waals surface area contributed by atoms with Gasteiger partial charge in [0.25, 0.3) is 0 Å². The normalized spacial score (nSPS) is 9.50. The summed E-state index contributed by atoms with van der Waals surface area (Å²) in [5.41, 5.74) is -0.607. The van der Waals surface area contributed by atoms with Crippen molar-refractivity contribution in [2.75, 3.05) is 7.11 Å². The van der Waals surface area contributed by atoms with Gasteiger partial charge in [-0.05, 0) is 6.07 Å². The molecule has 0 saturated heterocycles. The Kier molecular flexibility index (Phi) is 2.66. The molecule has 0 bridgehead atoms. The van der Waals surface area contributed by atoms with Crippen LogP contribution in [0.3, 0.4) is 0 Å². The fraction of sp³-hybridized carbons (Fsp3) is 0.125. The van der Waals surface area contributed by atoms with Gasteiger partial charge in [-0.3, -0.25) is 10.1 Å². The zero-order valence-electron chi connectivity index (χ0n) is 7.18. The van der Waals surface area contributed by atoms with Crippen molar-refractivity contribution in [1.82, 2.24) is 0 Å². The summed E-state index contributed by atoms with van der Waals surface area (Å²) in [7, 11) is 1.15. The minimum atomic E-state index is -0.807. The summed E-state index contributed by atoms with van der Waals surface area (Å²) in [6.45, 7) is 0. The number of methoxy groups -OCH3 is 1. The molecule has 0 saturated carbocycles. The van der Waals surface area contributed by atoms with Gasteiger partial charge in [-0.2, -0.15) is 0 Å². The van der Waals surface area contributed by atoms with Gasteiger partial charge in [0.15, 0.2) is 0 Å². The number of carbonyl (C=O) groups excluding carboxylic acids is 1. The van der Waals surface area contributed by atoms with E-state index < -0.39 is 22.3 Å². The number of phenolic OH excluding ortho intramolecular Hbond substituents is 1. The van der Waals surface area contributed by atoms with Gasteiger partial charge in [-0.15, -0.1) is 0 Å². The van der Waals surface area contributed by atoms with E-state index in [1.165, 1.54) is 0 Å². The van der Waals surface area contributed by atoms with E-state index in [2.05, 4.69) is 10.8 Å². The first-order chi connectivity index (χ1) is 6.56. The summed E-state index contributed by atoms with van der Waals surface area (Å²) >= 11 is 0. The Labute approximate surface area is 78.9 Å². The number of rotatable bonds is 2. The molecule has 1 aromatic rings. The minimum absolute atomic E-state index is 0.0306. The zero-order chi connectivity index (χ0) is 10.7. The van der Waals surface area contributed by atoms with Crippen LogP contribution in [0.25, 0.3) is 0 Å². The zero-order valence-corrected chi connectivity index (χ0v) is 7.18. The molecule has 0 aromatic heterocycles. The minimum Gasteiger partial charge on any atom is -0.502 e. The second-order valence-corrected chi connectivity index (χ2v) is 2.37. The van der Waals surface area contributed by atoms with Crippen LogP contribution in [0.1, 0.15) is 10.4 Å². The largest absolute Gasteiger partial charge is 0.502 e. The van der Waals surface area contributed by atoms with E-state index in [0.717, 1.165) is 19.2 Å². The number of hydrogen-bond acceptors (Lipinski definition) is 5. The van der Waals surface area contributed by atoms with E-state index in [1.807, 2.05) is 0 Å². The van der Waals surface area contributed by atoms with Gasteiger partial charge >= 0.3 is 11.7 Å². The molecular formula is C8H6NO5. The van der Waals surface area contributed by atoms with Crippen molar-refractivity contribution in [3.8, 4) is 5.75 Å². The van der Waals surface area contributed by atoms with Crippen molar-refractivity contribution in [3.63, 3.8) is 0 Å². The highest BCUT2D eigenvalue weighted by Crippen LogP contribution is 2.25. The van der Waals surface area contributed by atoms with E-state index in [9.17, 15) is 14.9 Å². The van der Waals surface area contributed by atoms with Gasteiger partial charge in [0, 0.05) is 12.1 Å². The molecule has 6 nitrogen and oxygen atoms in total. The Morgan fingerprint density at radius 3 is 2.86 bits per heavy atom. The van der Waals surface area contributed by atoms with Gasteiger partial charge in [-0.25, -0.2) is 4.79 Å². The molecule has 0 unspecified atom stereocenters. The van der Waals surface area contributed by atoms with Crippen LogP contribution in [0.5, 0.6) is 5.75 Å². The molecule has 0 fully saturated rings. The van der Waals surface area contributed by atoms with Gasteiger partial charge in [0.1, 0.15) is 0 Å². The number of nitro benzene ring substituents is 1. The first-order valence-corrected chi connectivity index (χ1v) is 3.53. The Morgan fingerprint density at radius 1 is 1.71 bits per heavy atom. The van der Waals surface area contributed by atoms with E-state index >= 15 is 0 Å². The molecule has 0 aliphatic heterocycles. The Balaban J connectivity index is 3.19. The monoisotopic (exact) mass is 196 g/mol. The summed E-state index contributed by atoms with van der Waals surface area (Å²) in [4.78, 5) is 20.5. The molecule has 14 heavy (non-hydrogen) atoms. The quantitative estimate of drug-likeness (QED) is 0.431. The highest BCUT2D eigenvalue weighted by Gasteiger charge is 2.17. The first kappa shape index (κ1) is 9.97. The predicted molar refractivity (Wildman–Crippen MR) is 44.9 cm³/mol. The molecular weight excluding hydrogens is 190 g/mol. The third-order valence-corrected chi connectivity index (χ3v) is 1.52. The molecule has 1 aromatic carbocycles. The predicted octanol–water partition coefficient (Wildman–Crippen LogP) is 0.887. The fourth-order valence-corrected chi connectivity index (χ4v) is 0.852. The Morgan fingerprint density at radius 2 is 2.36 bits per heavy atom.